The summed E-state index contributed by atoms with van der Waals surface area (Å²) in [5.41, 5.74) is 0.678. The van der Waals surface area contributed by atoms with Gasteiger partial charge in [-0.1, -0.05) is 0 Å². The first-order valence-corrected chi connectivity index (χ1v) is 3.97. The van der Waals surface area contributed by atoms with Gasteiger partial charge < -0.3 is 0 Å². The van der Waals surface area contributed by atoms with Crippen LogP contribution in [0.25, 0.3) is 0 Å². The molecule has 0 aliphatic carbocycles. The Balaban J connectivity index is 3.26. The highest BCUT2D eigenvalue weighted by atomic mass is 15.0. The van der Waals surface area contributed by atoms with E-state index >= 15 is 0 Å². The summed E-state index contributed by atoms with van der Waals surface area (Å²) in [7, 11) is 0. The molecule has 62 valence electrons. The summed E-state index contributed by atoms with van der Waals surface area (Å²) in [4.78, 5) is 0. The van der Waals surface area contributed by atoms with E-state index in [1.54, 1.807) is 0 Å². The molecule has 1 aromatic heterocycles. The van der Waals surface area contributed by atoms with E-state index in [1.165, 1.54) is 0 Å². The van der Waals surface area contributed by atoms with Crippen LogP contribution in [0, 0.1) is 11.3 Å². The van der Waals surface area contributed by atoms with Gasteiger partial charge in [0.15, 0.2) is 17.8 Å². The van der Waals surface area contributed by atoms with Crippen molar-refractivity contribution in [2.24, 2.45) is 0 Å². The largest absolute Gasteiger partial charge is 0.283 e. The minimum Gasteiger partial charge on any atom is -0.186 e. The molecule has 1 aromatic rings. The Bertz CT molecular complexity index is 315. The van der Waals surface area contributed by atoms with E-state index in [2.05, 4.69) is 26.8 Å². The van der Waals surface area contributed by atoms with E-state index in [-0.39, 0.29) is 5.54 Å². The Morgan fingerprint density at radius 2 is 2.00 bits per heavy atom. The quantitative estimate of drug-likeness (QED) is 0.531. The molecule has 0 atom stereocenters. The third kappa shape index (κ3) is 1.62. The standard InChI is InChI=1S/C10H13N2/c1-10(2,3)12-7-5-4-6-9(12)8-11/h4-7H,1-3H3/q+1. The molecule has 0 radical (unpaired) electrons. The zero-order chi connectivity index (χ0) is 9.19. The van der Waals surface area contributed by atoms with Crippen LogP contribution >= 0.6 is 0 Å². The third-order valence-corrected chi connectivity index (χ3v) is 1.70. The number of hydrogen-bond acceptors (Lipinski definition) is 1. The molecule has 0 saturated carbocycles. The number of nitriles is 1. The van der Waals surface area contributed by atoms with Crippen molar-refractivity contribution in [2.45, 2.75) is 26.3 Å². The molecular weight excluding hydrogens is 148 g/mol. The number of pyridine rings is 1. The van der Waals surface area contributed by atoms with E-state index in [0.717, 1.165) is 0 Å². The van der Waals surface area contributed by atoms with Gasteiger partial charge in [0.25, 0.3) is 5.69 Å². The van der Waals surface area contributed by atoms with Crippen LogP contribution in [0.4, 0.5) is 0 Å². The molecule has 1 rings (SSSR count). The van der Waals surface area contributed by atoms with Crippen LogP contribution in [0.1, 0.15) is 26.5 Å². The lowest BCUT2D eigenvalue weighted by molar-refractivity contribution is -0.756. The third-order valence-electron chi connectivity index (χ3n) is 1.70. The van der Waals surface area contributed by atoms with Gasteiger partial charge in [0, 0.05) is 32.9 Å². The molecule has 2 heteroatoms. The summed E-state index contributed by atoms with van der Waals surface area (Å²) in [6.07, 6.45) is 1.93. The zero-order valence-corrected chi connectivity index (χ0v) is 7.70. The Kier molecular flexibility index (Phi) is 2.14. The summed E-state index contributed by atoms with van der Waals surface area (Å²) in [5.74, 6) is 0. The molecule has 0 bridgehead atoms. The lowest BCUT2D eigenvalue weighted by atomic mass is 10.1. The van der Waals surface area contributed by atoms with Gasteiger partial charge in [-0.3, -0.25) is 0 Å². The molecule has 0 aliphatic rings. The van der Waals surface area contributed by atoms with Crippen molar-refractivity contribution in [3.05, 3.63) is 30.1 Å². The molecule has 0 amide bonds. The normalized spacial score (nSPS) is 10.8. The maximum absolute atomic E-state index is 8.81. The van der Waals surface area contributed by atoms with Crippen LogP contribution in [0.5, 0.6) is 0 Å². The highest BCUT2D eigenvalue weighted by Crippen LogP contribution is 2.04. The fourth-order valence-corrected chi connectivity index (χ4v) is 1.12. The summed E-state index contributed by atoms with van der Waals surface area (Å²) in [5, 5.41) is 8.81. The van der Waals surface area contributed by atoms with Crippen molar-refractivity contribution in [3.8, 4) is 6.07 Å². The number of rotatable bonds is 0. The van der Waals surface area contributed by atoms with Crippen LogP contribution < -0.4 is 4.57 Å². The molecule has 0 spiro atoms. The van der Waals surface area contributed by atoms with Crippen molar-refractivity contribution < 1.29 is 4.57 Å². The van der Waals surface area contributed by atoms with E-state index in [1.807, 2.05) is 29.0 Å². The van der Waals surface area contributed by atoms with Gasteiger partial charge in [-0.05, 0) is 6.07 Å². The van der Waals surface area contributed by atoms with Crippen LogP contribution in [-0.2, 0) is 5.54 Å². The maximum Gasteiger partial charge on any atom is 0.283 e. The Hall–Kier alpha value is -1.36. The van der Waals surface area contributed by atoms with Crippen LogP contribution in [0.2, 0.25) is 0 Å². The summed E-state index contributed by atoms with van der Waals surface area (Å²) >= 11 is 0. The Labute approximate surface area is 73.1 Å². The highest BCUT2D eigenvalue weighted by molar-refractivity contribution is 5.13. The number of aromatic nitrogens is 1. The number of hydrogen-bond donors (Lipinski definition) is 0. The summed E-state index contributed by atoms with van der Waals surface area (Å²) in [6.45, 7) is 6.23. The van der Waals surface area contributed by atoms with Gasteiger partial charge >= 0.3 is 0 Å². The first-order valence-electron chi connectivity index (χ1n) is 3.97. The summed E-state index contributed by atoms with van der Waals surface area (Å²) < 4.78 is 1.97. The maximum atomic E-state index is 8.81. The predicted octanol–water partition coefficient (Wildman–Crippen LogP) is 1.60. The molecule has 0 fully saturated rings. The second kappa shape index (κ2) is 2.94. The van der Waals surface area contributed by atoms with Gasteiger partial charge in [-0.25, -0.2) is 0 Å². The van der Waals surface area contributed by atoms with E-state index in [4.69, 9.17) is 5.26 Å². The fourth-order valence-electron chi connectivity index (χ4n) is 1.12. The van der Waals surface area contributed by atoms with Gasteiger partial charge in [-0.15, -0.1) is 0 Å². The van der Waals surface area contributed by atoms with Gasteiger partial charge in [0.05, 0.1) is 0 Å². The van der Waals surface area contributed by atoms with Crippen molar-refractivity contribution in [1.29, 1.82) is 5.26 Å². The average Bonchev–Trinajstić information content (AvgIpc) is 2.03. The van der Waals surface area contributed by atoms with Gasteiger partial charge in [0.2, 0.25) is 0 Å². The zero-order valence-electron chi connectivity index (χ0n) is 7.70. The lowest BCUT2D eigenvalue weighted by Crippen LogP contribution is -2.52. The molecule has 1 heterocycles. The van der Waals surface area contributed by atoms with Crippen molar-refractivity contribution >= 4 is 0 Å². The fraction of sp³-hybridized carbons (Fsp3) is 0.400. The Morgan fingerprint density at radius 1 is 1.33 bits per heavy atom. The first kappa shape index (κ1) is 8.73. The molecule has 0 N–H and O–H groups in total. The van der Waals surface area contributed by atoms with E-state index < -0.39 is 0 Å². The molecule has 2 nitrogen and oxygen atoms in total. The van der Waals surface area contributed by atoms with Crippen molar-refractivity contribution in [1.82, 2.24) is 0 Å². The molecule has 0 saturated heterocycles. The first-order chi connectivity index (χ1) is 5.55. The number of nitrogens with zero attached hydrogens (tertiary/aromatic N) is 2. The van der Waals surface area contributed by atoms with Crippen LogP contribution in [0.3, 0.4) is 0 Å². The van der Waals surface area contributed by atoms with Crippen LogP contribution in [0.15, 0.2) is 24.4 Å². The molecular formula is C10H13N2+. The smallest absolute Gasteiger partial charge is 0.186 e. The van der Waals surface area contributed by atoms with Crippen molar-refractivity contribution in [2.75, 3.05) is 0 Å². The molecule has 12 heavy (non-hydrogen) atoms. The average molecular weight is 161 g/mol. The minimum absolute atomic E-state index is 0.0215. The molecule has 0 aromatic carbocycles. The second-order valence-corrected chi connectivity index (χ2v) is 3.74. The summed E-state index contributed by atoms with van der Waals surface area (Å²) in [6, 6.07) is 7.80. The van der Waals surface area contributed by atoms with Crippen LogP contribution in [-0.4, -0.2) is 0 Å². The van der Waals surface area contributed by atoms with Gasteiger partial charge in [-0.2, -0.15) is 9.83 Å². The van der Waals surface area contributed by atoms with Crippen molar-refractivity contribution in [3.63, 3.8) is 0 Å². The Morgan fingerprint density at radius 3 is 2.42 bits per heavy atom. The lowest BCUT2D eigenvalue weighted by Gasteiger charge is -2.13. The second-order valence-electron chi connectivity index (χ2n) is 3.74. The topological polar surface area (TPSA) is 27.7 Å². The highest BCUT2D eigenvalue weighted by Gasteiger charge is 2.24. The predicted molar refractivity (Wildman–Crippen MR) is 46.3 cm³/mol. The minimum atomic E-state index is -0.0215. The van der Waals surface area contributed by atoms with E-state index in [0.29, 0.717) is 5.69 Å². The molecule has 0 aliphatic heterocycles. The monoisotopic (exact) mass is 161 g/mol. The SMILES string of the molecule is CC(C)(C)[n+]1ccccc1C#N. The van der Waals surface area contributed by atoms with E-state index in [9.17, 15) is 0 Å². The van der Waals surface area contributed by atoms with Gasteiger partial charge in [0.1, 0.15) is 0 Å². The molecule has 0 unspecified atom stereocenters.